The molecule has 1 atom stereocenters. The van der Waals surface area contributed by atoms with Crippen molar-refractivity contribution < 1.29 is 14.0 Å². The van der Waals surface area contributed by atoms with Gasteiger partial charge < -0.3 is 10.2 Å². The molecule has 0 bridgehead atoms. The SMILES string of the molecule is CNC(=O)[C@@]1(Cc2cccc(-c3cccc(F)c3)c2)CCCN(C(=O)c2cccnc2)C1. The summed E-state index contributed by atoms with van der Waals surface area (Å²) in [4.78, 5) is 31.9. The van der Waals surface area contributed by atoms with Gasteiger partial charge in [0, 0.05) is 32.5 Å². The molecule has 5 nitrogen and oxygen atoms in total. The number of benzene rings is 2. The monoisotopic (exact) mass is 431 g/mol. The quantitative estimate of drug-likeness (QED) is 0.662. The van der Waals surface area contributed by atoms with Gasteiger partial charge in [-0.15, -0.1) is 0 Å². The molecular weight excluding hydrogens is 405 g/mol. The van der Waals surface area contributed by atoms with E-state index in [1.165, 1.54) is 12.1 Å². The number of aromatic nitrogens is 1. The van der Waals surface area contributed by atoms with Crippen molar-refractivity contribution >= 4 is 11.8 Å². The van der Waals surface area contributed by atoms with Crippen LogP contribution in [0, 0.1) is 11.2 Å². The highest BCUT2D eigenvalue weighted by molar-refractivity contribution is 5.94. The standard InChI is InChI=1S/C26H26FN3O2/c1-28-25(32)26(11-5-13-30(18-26)24(31)22-9-4-12-29-17-22)16-19-6-2-7-20(14-19)21-8-3-10-23(27)15-21/h2-4,6-10,12,14-15,17H,5,11,13,16,18H2,1H3,(H,28,32)/t26-/m1/s1. The fourth-order valence-corrected chi connectivity index (χ4v) is 4.57. The van der Waals surface area contributed by atoms with Crippen molar-refractivity contribution in [1.29, 1.82) is 0 Å². The predicted molar refractivity (Wildman–Crippen MR) is 121 cm³/mol. The van der Waals surface area contributed by atoms with Crippen molar-refractivity contribution in [2.45, 2.75) is 19.3 Å². The third-order valence-electron chi connectivity index (χ3n) is 6.11. The second-order valence-corrected chi connectivity index (χ2v) is 8.32. The molecule has 1 fully saturated rings. The molecule has 3 aromatic rings. The van der Waals surface area contributed by atoms with Crippen LogP contribution in [-0.2, 0) is 11.2 Å². The van der Waals surface area contributed by atoms with Crippen LogP contribution >= 0.6 is 0 Å². The molecule has 1 saturated heterocycles. The Kier molecular flexibility index (Phi) is 6.30. The molecule has 0 saturated carbocycles. The van der Waals surface area contributed by atoms with Crippen LogP contribution < -0.4 is 5.32 Å². The number of pyridine rings is 1. The Hall–Kier alpha value is -3.54. The number of likely N-dealkylation sites (tertiary alicyclic amines) is 1. The number of hydrogen-bond acceptors (Lipinski definition) is 3. The second-order valence-electron chi connectivity index (χ2n) is 8.32. The number of nitrogens with zero attached hydrogens (tertiary/aromatic N) is 2. The summed E-state index contributed by atoms with van der Waals surface area (Å²) in [6, 6.07) is 17.8. The largest absolute Gasteiger partial charge is 0.359 e. The average molecular weight is 432 g/mol. The lowest BCUT2D eigenvalue weighted by molar-refractivity contribution is -0.133. The lowest BCUT2D eigenvalue weighted by Crippen LogP contribution is -2.54. The molecule has 1 aromatic heterocycles. The van der Waals surface area contributed by atoms with Crippen molar-refractivity contribution in [3.05, 3.63) is 90.0 Å². The summed E-state index contributed by atoms with van der Waals surface area (Å²) in [5, 5.41) is 2.81. The number of hydrogen-bond donors (Lipinski definition) is 1. The first kappa shape index (κ1) is 21.7. The molecule has 4 rings (SSSR count). The number of amides is 2. The Balaban J connectivity index is 1.62. The van der Waals surface area contributed by atoms with Gasteiger partial charge in [-0.2, -0.15) is 0 Å². The van der Waals surface area contributed by atoms with E-state index in [1.807, 2.05) is 30.3 Å². The number of rotatable bonds is 5. The fourth-order valence-electron chi connectivity index (χ4n) is 4.57. The molecule has 2 aromatic carbocycles. The Bertz CT molecular complexity index is 1120. The zero-order valence-electron chi connectivity index (χ0n) is 18.1. The zero-order valence-corrected chi connectivity index (χ0v) is 18.1. The lowest BCUT2D eigenvalue weighted by atomic mass is 9.74. The van der Waals surface area contributed by atoms with E-state index in [9.17, 15) is 14.0 Å². The summed E-state index contributed by atoms with van der Waals surface area (Å²) in [5.74, 6) is -0.469. The van der Waals surface area contributed by atoms with Crippen LogP contribution in [0.4, 0.5) is 4.39 Å². The Morgan fingerprint density at radius 2 is 1.88 bits per heavy atom. The van der Waals surface area contributed by atoms with Crippen molar-refractivity contribution in [2.75, 3.05) is 20.1 Å². The molecule has 1 aliphatic heterocycles. The molecule has 164 valence electrons. The van der Waals surface area contributed by atoms with E-state index in [4.69, 9.17) is 0 Å². The Labute approximate surface area is 187 Å². The molecule has 32 heavy (non-hydrogen) atoms. The smallest absolute Gasteiger partial charge is 0.255 e. The first-order chi connectivity index (χ1) is 15.5. The van der Waals surface area contributed by atoms with Gasteiger partial charge in [0.25, 0.3) is 5.91 Å². The first-order valence-electron chi connectivity index (χ1n) is 10.8. The Morgan fingerprint density at radius 3 is 2.59 bits per heavy atom. The number of carbonyl (C=O) groups excluding carboxylic acids is 2. The summed E-state index contributed by atoms with van der Waals surface area (Å²) >= 11 is 0. The number of piperidine rings is 1. The van der Waals surface area contributed by atoms with Gasteiger partial charge in [0.1, 0.15) is 5.82 Å². The van der Waals surface area contributed by atoms with Gasteiger partial charge in [0.2, 0.25) is 5.91 Å². The minimum atomic E-state index is -0.731. The van der Waals surface area contributed by atoms with Crippen molar-refractivity contribution in [3.8, 4) is 11.1 Å². The maximum absolute atomic E-state index is 13.7. The van der Waals surface area contributed by atoms with Gasteiger partial charge in [-0.05, 0) is 60.2 Å². The third kappa shape index (κ3) is 4.54. The molecule has 1 N–H and O–H groups in total. The van der Waals surface area contributed by atoms with Crippen LogP contribution in [-0.4, -0.2) is 41.8 Å². The maximum Gasteiger partial charge on any atom is 0.255 e. The van der Waals surface area contributed by atoms with Gasteiger partial charge in [0.15, 0.2) is 0 Å². The molecule has 2 heterocycles. The van der Waals surface area contributed by atoms with E-state index in [0.717, 1.165) is 23.1 Å². The highest BCUT2D eigenvalue weighted by Gasteiger charge is 2.43. The van der Waals surface area contributed by atoms with E-state index in [1.54, 1.807) is 42.5 Å². The van der Waals surface area contributed by atoms with E-state index < -0.39 is 5.41 Å². The molecule has 0 aliphatic carbocycles. The third-order valence-corrected chi connectivity index (χ3v) is 6.11. The van der Waals surface area contributed by atoms with Crippen molar-refractivity contribution in [2.24, 2.45) is 5.41 Å². The summed E-state index contributed by atoms with van der Waals surface area (Å²) in [6.07, 6.45) is 5.11. The van der Waals surface area contributed by atoms with Gasteiger partial charge in [0.05, 0.1) is 11.0 Å². The predicted octanol–water partition coefficient (Wildman–Crippen LogP) is 4.10. The van der Waals surface area contributed by atoms with Crippen LogP contribution in [0.2, 0.25) is 0 Å². The molecule has 1 aliphatic rings. The lowest BCUT2D eigenvalue weighted by Gasteiger charge is -2.41. The minimum Gasteiger partial charge on any atom is -0.359 e. The highest BCUT2D eigenvalue weighted by Crippen LogP contribution is 2.35. The number of halogens is 1. The second kappa shape index (κ2) is 9.30. The van der Waals surface area contributed by atoms with Crippen molar-refractivity contribution in [1.82, 2.24) is 15.2 Å². The van der Waals surface area contributed by atoms with Crippen LogP contribution in [0.3, 0.4) is 0 Å². The fraction of sp³-hybridized carbons (Fsp3) is 0.269. The van der Waals surface area contributed by atoms with Crippen LogP contribution in [0.1, 0.15) is 28.8 Å². The summed E-state index contributed by atoms with van der Waals surface area (Å²) < 4.78 is 13.7. The van der Waals surface area contributed by atoms with E-state index >= 15 is 0 Å². The summed E-state index contributed by atoms with van der Waals surface area (Å²) in [7, 11) is 1.63. The van der Waals surface area contributed by atoms with E-state index in [0.29, 0.717) is 31.5 Å². The topological polar surface area (TPSA) is 62.3 Å². The average Bonchev–Trinajstić information content (AvgIpc) is 2.84. The molecule has 0 unspecified atom stereocenters. The van der Waals surface area contributed by atoms with Crippen LogP contribution in [0.25, 0.3) is 11.1 Å². The summed E-state index contributed by atoms with van der Waals surface area (Å²) in [5.41, 5.74) is 2.45. The molecule has 0 spiro atoms. The summed E-state index contributed by atoms with van der Waals surface area (Å²) in [6.45, 7) is 0.945. The van der Waals surface area contributed by atoms with Crippen LogP contribution in [0.5, 0.6) is 0 Å². The Morgan fingerprint density at radius 1 is 1.09 bits per heavy atom. The number of carbonyl (C=O) groups is 2. The molecular formula is C26H26FN3O2. The van der Waals surface area contributed by atoms with Gasteiger partial charge in [-0.3, -0.25) is 14.6 Å². The van der Waals surface area contributed by atoms with E-state index in [-0.39, 0.29) is 17.6 Å². The number of nitrogens with one attached hydrogen (secondary N) is 1. The molecule has 6 heteroatoms. The zero-order chi connectivity index (χ0) is 22.6. The normalized spacial score (nSPS) is 18.2. The van der Waals surface area contributed by atoms with Crippen molar-refractivity contribution in [3.63, 3.8) is 0 Å². The minimum absolute atomic E-state index is 0.0719. The highest BCUT2D eigenvalue weighted by atomic mass is 19.1. The first-order valence-corrected chi connectivity index (χ1v) is 10.8. The molecule has 0 radical (unpaired) electrons. The van der Waals surface area contributed by atoms with Crippen LogP contribution in [0.15, 0.2) is 73.1 Å². The van der Waals surface area contributed by atoms with Gasteiger partial charge >= 0.3 is 0 Å². The van der Waals surface area contributed by atoms with E-state index in [2.05, 4.69) is 10.3 Å². The van der Waals surface area contributed by atoms with Gasteiger partial charge in [-0.1, -0.05) is 36.4 Å². The maximum atomic E-state index is 13.7. The van der Waals surface area contributed by atoms with Gasteiger partial charge in [-0.25, -0.2) is 4.39 Å². The molecule has 2 amide bonds.